The van der Waals surface area contributed by atoms with E-state index in [2.05, 4.69) is 10.1 Å². The molecule has 0 fully saturated rings. The maximum Gasteiger partial charge on any atom is 0.173 e. The van der Waals surface area contributed by atoms with Crippen LogP contribution in [0.4, 0.5) is 20.3 Å². The number of hydrazine groups is 1. The Morgan fingerprint density at radius 1 is 1.16 bits per heavy atom. The van der Waals surface area contributed by atoms with Crippen LogP contribution >= 0.6 is 23.2 Å². The zero-order chi connectivity index (χ0) is 23.6. The van der Waals surface area contributed by atoms with E-state index in [9.17, 15) is 8.78 Å². The molecule has 8 N–H and O–H groups in total. The minimum Gasteiger partial charge on any atom is -0.396 e. The highest BCUT2D eigenvalue weighted by Gasteiger charge is 2.16. The lowest BCUT2D eigenvalue weighted by atomic mass is 10.0. The van der Waals surface area contributed by atoms with E-state index in [-0.39, 0.29) is 36.1 Å². The van der Waals surface area contributed by atoms with Crippen LogP contribution in [0.15, 0.2) is 53.6 Å². The maximum atomic E-state index is 13.8. The molecule has 7 nitrogen and oxygen atoms in total. The summed E-state index contributed by atoms with van der Waals surface area (Å²) in [7, 11) is 0.500. The predicted octanol–water partition coefficient (Wildman–Crippen LogP) is 4.42. The molecule has 1 aromatic carbocycles. The first kappa shape index (κ1) is 26.2. The Labute approximate surface area is 190 Å². The number of hydrazone groups is 1. The Hall–Kier alpha value is -2.88. The van der Waals surface area contributed by atoms with E-state index in [4.69, 9.17) is 46.4 Å². The molecule has 0 radical (unpaired) electrons. The van der Waals surface area contributed by atoms with E-state index >= 15 is 0 Å². The lowest BCUT2D eigenvalue weighted by Crippen LogP contribution is -2.39. The van der Waals surface area contributed by atoms with Crippen molar-refractivity contribution in [1.82, 2.24) is 9.99 Å². The quantitative estimate of drug-likeness (QED) is 0.123. The number of benzene rings is 1. The molecule has 2 aromatic rings. The number of hydrogen-bond acceptors (Lipinski definition) is 6. The predicted molar refractivity (Wildman–Crippen MR) is 126 cm³/mol. The van der Waals surface area contributed by atoms with Gasteiger partial charge in [0.2, 0.25) is 0 Å². The molecule has 11 heteroatoms. The third-order valence-electron chi connectivity index (χ3n) is 4.02. The van der Waals surface area contributed by atoms with Gasteiger partial charge in [0, 0.05) is 18.2 Å². The van der Waals surface area contributed by atoms with Crippen molar-refractivity contribution >= 4 is 40.5 Å². The van der Waals surface area contributed by atoms with Crippen LogP contribution in [0.25, 0.3) is 11.1 Å². The second kappa shape index (κ2) is 12.7. The van der Waals surface area contributed by atoms with Crippen LogP contribution in [-0.4, -0.2) is 29.6 Å². The van der Waals surface area contributed by atoms with Gasteiger partial charge in [-0.25, -0.2) is 15.2 Å². The van der Waals surface area contributed by atoms with Crippen molar-refractivity contribution in [2.24, 2.45) is 16.8 Å². The molecule has 0 bridgehead atoms. The number of rotatable bonds is 6. The molecule has 0 aliphatic heterocycles. The number of hydrogen-bond donors (Lipinski definition) is 4. The smallest absolute Gasteiger partial charge is 0.173 e. The van der Waals surface area contributed by atoms with Crippen molar-refractivity contribution in [3.05, 3.63) is 64.1 Å². The summed E-state index contributed by atoms with van der Waals surface area (Å²) in [4.78, 5) is 4.17. The first-order valence-electron chi connectivity index (χ1n) is 8.92. The van der Waals surface area contributed by atoms with Crippen LogP contribution in [0, 0.1) is 0 Å². The summed E-state index contributed by atoms with van der Waals surface area (Å²) >= 11 is 12.2. The number of nitrogens with zero attached hydrogens (tertiary/aromatic N) is 3. The van der Waals surface area contributed by atoms with Gasteiger partial charge in [-0.2, -0.15) is 5.10 Å². The lowest BCUT2D eigenvalue weighted by molar-refractivity contribution is 0.479. The molecule has 0 saturated carbocycles. The van der Waals surface area contributed by atoms with Crippen LogP contribution in [0.1, 0.15) is 18.9 Å². The van der Waals surface area contributed by atoms with E-state index in [1.807, 2.05) is 6.92 Å². The highest BCUT2D eigenvalue weighted by atomic mass is 35.5. The van der Waals surface area contributed by atoms with Crippen LogP contribution in [-0.2, 0) is 0 Å². The summed E-state index contributed by atoms with van der Waals surface area (Å²) in [5.74, 6) is 11.5. The van der Waals surface area contributed by atoms with Gasteiger partial charge in [-0.05, 0) is 36.8 Å². The van der Waals surface area contributed by atoms with Gasteiger partial charge >= 0.3 is 0 Å². The van der Waals surface area contributed by atoms with E-state index in [0.29, 0.717) is 33.9 Å². The first-order chi connectivity index (χ1) is 14.8. The normalized spacial score (nSPS) is 12.0. The van der Waals surface area contributed by atoms with E-state index in [1.165, 1.54) is 11.1 Å². The third-order valence-corrected chi connectivity index (χ3v) is 4.65. The van der Waals surface area contributed by atoms with Gasteiger partial charge in [-0.3, -0.25) is 9.40 Å². The first-order valence-corrected chi connectivity index (χ1v) is 9.68. The lowest BCUT2D eigenvalue weighted by Gasteiger charge is -2.20. The van der Waals surface area contributed by atoms with E-state index in [1.54, 1.807) is 36.5 Å². The van der Waals surface area contributed by atoms with Crippen molar-refractivity contribution in [1.29, 1.82) is 0 Å². The van der Waals surface area contributed by atoms with Crippen molar-refractivity contribution in [3.63, 3.8) is 0 Å². The highest BCUT2D eigenvalue weighted by Crippen LogP contribution is 2.34. The monoisotopic (exact) mass is 471 g/mol. The van der Waals surface area contributed by atoms with Crippen molar-refractivity contribution in [2.75, 3.05) is 25.2 Å². The molecule has 2 rings (SSSR count). The Morgan fingerprint density at radius 2 is 1.77 bits per heavy atom. The molecule has 1 aromatic heterocycles. The molecule has 0 aliphatic rings. The average Bonchev–Trinajstić information content (AvgIpc) is 2.77. The summed E-state index contributed by atoms with van der Waals surface area (Å²) in [6.07, 6.45) is 6.50. The van der Waals surface area contributed by atoms with Gasteiger partial charge in [-0.15, -0.1) is 0 Å². The fourth-order valence-corrected chi connectivity index (χ4v) is 2.95. The fraction of sp³-hybridized carbons (Fsp3) is 0.200. The number of allylic oxidation sites excluding steroid dienone is 3. The molecule has 0 aliphatic carbocycles. The Morgan fingerprint density at radius 3 is 2.32 bits per heavy atom. The zero-order valence-electron chi connectivity index (χ0n) is 17.1. The number of halogens is 4. The maximum absolute atomic E-state index is 13.8. The molecule has 31 heavy (non-hydrogen) atoms. The summed E-state index contributed by atoms with van der Waals surface area (Å²) in [5, 5.41) is 5.49. The molecular weight excluding hydrogens is 447 g/mol. The van der Waals surface area contributed by atoms with Crippen LogP contribution in [0.3, 0.4) is 0 Å². The fourth-order valence-electron chi connectivity index (χ4n) is 2.46. The van der Waals surface area contributed by atoms with Gasteiger partial charge < -0.3 is 17.3 Å². The highest BCUT2D eigenvalue weighted by molar-refractivity contribution is 6.39. The SMILES string of the molecule is C/C=C\C/C(F)=C\CN(N)/C(=N\N)c1cc(-c2cc(Cl)c(N)c(Cl)c2)cnc1N.CF. The summed E-state index contributed by atoms with van der Waals surface area (Å²) in [6, 6.07) is 4.99. The molecule has 0 atom stereocenters. The van der Waals surface area contributed by atoms with Gasteiger partial charge in [-0.1, -0.05) is 35.4 Å². The van der Waals surface area contributed by atoms with Crippen molar-refractivity contribution in [2.45, 2.75) is 13.3 Å². The van der Waals surface area contributed by atoms with Gasteiger partial charge in [0.05, 0.1) is 35.0 Å². The minimum atomic E-state index is -0.332. The number of alkyl halides is 1. The molecule has 0 saturated heterocycles. The number of aromatic nitrogens is 1. The Bertz CT molecular complexity index is 955. The zero-order valence-corrected chi connectivity index (χ0v) is 18.6. The standard InChI is InChI=1S/C19H22Cl2FN7.CH3F/c1-2-3-4-13(22)5-6-29(26)19(28-25)14-7-12(10-27-18(14)24)11-8-15(20)17(23)16(21)9-11;1-2/h2-3,5,7-10H,4,6,23,25-26H2,1H3,(H2,24,27);1H3/b3-2-,13-5+,28-19-;. The number of nitrogens with two attached hydrogens (primary N) is 4. The van der Waals surface area contributed by atoms with Gasteiger partial charge in [0.1, 0.15) is 11.6 Å². The topological polar surface area (TPSA) is 133 Å². The minimum absolute atomic E-state index is 0.0304. The summed E-state index contributed by atoms with van der Waals surface area (Å²) in [6.45, 7) is 1.84. The molecule has 0 unspecified atom stereocenters. The molecule has 168 valence electrons. The third kappa shape index (κ3) is 7.09. The Kier molecular flexibility index (Phi) is 10.7. The second-order valence-electron chi connectivity index (χ2n) is 6.04. The molecule has 0 amide bonds. The molecular formula is C20H25Cl2F2N7. The van der Waals surface area contributed by atoms with Gasteiger partial charge in [0.25, 0.3) is 0 Å². The van der Waals surface area contributed by atoms with Crippen LogP contribution < -0.4 is 23.2 Å². The number of pyridine rings is 1. The number of anilines is 2. The summed E-state index contributed by atoms with van der Waals surface area (Å²) < 4.78 is 23.3. The van der Waals surface area contributed by atoms with Crippen LogP contribution in [0.2, 0.25) is 10.0 Å². The van der Waals surface area contributed by atoms with E-state index in [0.717, 1.165) is 0 Å². The summed E-state index contributed by atoms with van der Waals surface area (Å²) in [5.41, 5.74) is 13.7. The second-order valence-corrected chi connectivity index (χ2v) is 6.85. The van der Waals surface area contributed by atoms with Crippen molar-refractivity contribution in [3.8, 4) is 11.1 Å². The number of amidine groups is 1. The van der Waals surface area contributed by atoms with Crippen LogP contribution in [0.5, 0.6) is 0 Å². The van der Waals surface area contributed by atoms with E-state index < -0.39 is 0 Å². The largest absolute Gasteiger partial charge is 0.396 e. The molecule has 1 heterocycles. The molecule has 0 spiro atoms. The van der Waals surface area contributed by atoms with Crippen molar-refractivity contribution < 1.29 is 8.78 Å². The Balaban J connectivity index is 0.00000233. The number of nitrogen functional groups attached to an aromatic ring is 2. The van der Waals surface area contributed by atoms with Gasteiger partial charge in [0.15, 0.2) is 5.84 Å². The average molecular weight is 472 g/mol.